The van der Waals surface area contributed by atoms with Crippen molar-refractivity contribution >= 4 is 43.1 Å². The van der Waals surface area contributed by atoms with Gasteiger partial charge in [0.25, 0.3) is 0 Å². The third-order valence-corrected chi connectivity index (χ3v) is 8.62. The number of rotatable bonds is 2. The number of fused-ring (bicyclic) bond motifs is 5. The fourth-order valence-electron chi connectivity index (χ4n) is 6.86. The SMILES string of the molecule is c1cc(-c2c3ccccc3c(-c3ccc4ccccc4c3)c3ccccc23)c2c(c1)-c1cccc3cccc(c13)O2. The average Bonchev–Trinajstić information content (AvgIpc) is 3.03. The number of ether oxygens (including phenoxy) is 1. The van der Waals surface area contributed by atoms with E-state index in [0.717, 1.165) is 22.6 Å². The maximum absolute atomic E-state index is 6.80. The molecular formula is C40H24O. The molecule has 8 aromatic carbocycles. The molecule has 0 saturated carbocycles. The summed E-state index contributed by atoms with van der Waals surface area (Å²) >= 11 is 0. The fourth-order valence-corrected chi connectivity index (χ4v) is 6.86. The predicted molar refractivity (Wildman–Crippen MR) is 173 cm³/mol. The van der Waals surface area contributed by atoms with Crippen LogP contribution in [0.3, 0.4) is 0 Å². The summed E-state index contributed by atoms with van der Waals surface area (Å²) in [6, 6.07) is 52.5. The van der Waals surface area contributed by atoms with Crippen molar-refractivity contribution in [1.82, 2.24) is 0 Å². The van der Waals surface area contributed by atoms with E-state index in [1.165, 1.54) is 65.3 Å². The van der Waals surface area contributed by atoms with Crippen LogP contribution < -0.4 is 4.74 Å². The average molecular weight is 521 g/mol. The molecule has 0 bridgehead atoms. The first-order chi connectivity index (χ1) is 20.3. The topological polar surface area (TPSA) is 9.23 Å². The third kappa shape index (κ3) is 3.24. The Balaban J connectivity index is 1.39. The summed E-state index contributed by atoms with van der Waals surface area (Å²) in [5.74, 6) is 1.84. The van der Waals surface area contributed by atoms with Gasteiger partial charge in [-0.2, -0.15) is 0 Å². The van der Waals surface area contributed by atoms with Gasteiger partial charge in [-0.15, -0.1) is 0 Å². The van der Waals surface area contributed by atoms with Gasteiger partial charge in [0.15, 0.2) is 0 Å². The second kappa shape index (κ2) is 8.55. The highest BCUT2D eigenvalue weighted by Crippen LogP contribution is 2.53. The molecule has 0 unspecified atom stereocenters. The van der Waals surface area contributed by atoms with Gasteiger partial charge >= 0.3 is 0 Å². The molecule has 1 aliphatic rings. The lowest BCUT2D eigenvalue weighted by Crippen LogP contribution is -2.00. The van der Waals surface area contributed by atoms with Crippen molar-refractivity contribution in [2.24, 2.45) is 0 Å². The number of hydrogen-bond donors (Lipinski definition) is 0. The summed E-state index contributed by atoms with van der Waals surface area (Å²) in [7, 11) is 0. The van der Waals surface area contributed by atoms with Gasteiger partial charge in [-0.05, 0) is 66.5 Å². The van der Waals surface area contributed by atoms with Crippen LogP contribution in [0.2, 0.25) is 0 Å². The van der Waals surface area contributed by atoms with Crippen LogP contribution in [-0.2, 0) is 0 Å². The second-order valence-electron chi connectivity index (χ2n) is 10.8. The molecule has 0 aliphatic carbocycles. The van der Waals surface area contributed by atoms with Crippen LogP contribution in [0.5, 0.6) is 11.5 Å². The van der Waals surface area contributed by atoms with Gasteiger partial charge in [0, 0.05) is 22.1 Å². The summed E-state index contributed by atoms with van der Waals surface area (Å²) in [4.78, 5) is 0. The molecule has 190 valence electrons. The van der Waals surface area contributed by atoms with Crippen molar-refractivity contribution < 1.29 is 4.74 Å². The molecule has 0 saturated heterocycles. The third-order valence-electron chi connectivity index (χ3n) is 8.62. The first-order valence-corrected chi connectivity index (χ1v) is 14.1. The molecule has 9 rings (SSSR count). The Labute approximate surface area is 237 Å². The Morgan fingerprint density at radius 3 is 1.68 bits per heavy atom. The summed E-state index contributed by atoms with van der Waals surface area (Å²) in [5.41, 5.74) is 7.19. The van der Waals surface area contributed by atoms with E-state index in [1.54, 1.807) is 0 Å². The molecular weight excluding hydrogens is 496 g/mol. The van der Waals surface area contributed by atoms with Crippen LogP contribution in [0.25, 0.3) is 76.5 Å². The van der Waals surface area contributed by atoms with E-state index in [1.807, 2.05) is 0 Å². The molecule has 0 N–H and O–H groups in total. The molecule has 0 amide bonds. The van der Waals surface area contributed by atoms with Gasteiger partial charge in [-0.3, -0.25) is 0 Å². The van der Waals surface area contributed by atoms with E-state index >= 15 is 0 Å². The van der Waals surface area contributed by atoms with E-state index < -0.39 is 0 Å². The standard InChI is InChI=1S/C40H24O/c1-2-11-27-24-28(23-22-25(27)10-1)37-29-14-3-5-16-31(29)39(32-17-6-4-15-30(32)37)35-20-9-19-34-33-18-7-12-26-13-8-21-36(38(26)33)41-40(34)35/h1-24H. The van der Waals surface area contributed by atoms with Crippen LogP contribution >= 0.6 is 0 Å². The van der Waals surface area contributed by atoms with Gasteiger partial charge in [0.1, 0.15) is 11.5 Å². The Morgan fingerprint density at radius 1 is 0.366 bits per heavy atom. The predicted octanol–water partition coefficient (Wildman–Crippen LogP) is 11.4. The Hall–Kier alpha value is -5.40. The maximum Gasteiger partial charge on any atom is 0.143 e. The molecule has 0 fully saturated rings. The summed E-state index contributed by atoms with van der Waals surface area (Å²) < 4.78 is 6.80. The first kappa shape index (κ1) is 22.4. The van der Waals surface area contributed by atoms with Crippen molar-refractivity contribution in [3.05, 3.63) is 146 Å². The van der Waals surface area contributed by atoms with Crippen molar-refractivity contribution in [2.75, 3.05) is 0 Å². The molecule has 0 spiro atoms. The van der Waals surface area contributed by atoms with Gasteiger partial charge in [-0.1, -0.05) is 133 Å². The summed E-state index contributed by atoms with van der Waals surface area (Å²) in [6.07, 6.45) is 0. The van der Waals surface area contributed by atoms with Gasteiger partial charge in [0.2, 0.25) is 0 Å². The molecule has 1 aliphatic heterocycles. The van der Waals surface area contributed by atoms with Gasteiger partial charge in [0.05, 0.1) is 0 Å². The minimum atomic E-state index is 0.916. The van der Waals surface area contributed by atoms with E-state index in [4.69, 9.17) is 4.74 Å². The Bertz CT molecular complexity index is 2280. The van der Waals surface area contributed by atoms with Crippen molar-refractivity contribution in [1.29, 1.82) is 0 Å². The molecule has 1 nitrogen and oxygen atoms in total. The van der Waals surface area contributed by atoms with E-state index in [0.29, 0.717) is 0 Å². The quantitative estimate of drug-likeness (QED) is 0.206. The zero-order valence-electron chi connectivity index (χ0n) is 22.3. The van der Waals surface area contributed by atoms with Crippen molar-refractivity contribution in [3.63, 3.8) is 0 Å². The smallest absolute Gasteiger partial charge is 0.143 e. The van der Waals surface area contributed by atoms with E-state index in [9.17, 15) is 0 Å². The first-order valence-electron chi connectivity index (χ1n) is 14.1. The second-order valence-corrected chi connectivity index (χ2v) is 10.8. The molecule has 0 aromatic heterocycles. The normalized spacial score (nSPS) is 12.1. The van der Waals surface area contributed by atoms with Crippen LogP contribution in [0.1, 0.15) is 0 Å². The van der Waals surface area contributed by atoms with Crippen molar-refractivity contribution in [3.8, 4) is 44.9 Å². The zero-order valence-corrected chi connectivity index (χ0v) is 22.3. The summed E-state index contributed by atoms with van der Waals surface area (Å²) in [5, 5.41) is 9.82. The number of benzene rings is 8. The lowest BCUT2D eigenvalue weighted by molar-refractivity contribution is 0.489. The monoisotopic (exact) mass is 520 g/mol. The molecule has 1 heterocycles. The molecule has 1 heteroatoms. The Kier molecular flexibility index (Phi) is 4.67. The highest BCUT2D eigenvalue weighted by Gasteiger charge is 2.25. The van der Waals surface area contributed by atoms with Gasteiger partial charge in [-0.25, -0.2) is 0 Å². The minimum Gasteiger partial charge on any atom is -0.455 e. The fraction of sp³-hybridized carbons (Fsp3) is 0. The van der Waals surface area contributed by atoms with Gasteiger partial charge < -0.3 is 4.74 Å². The van der Waals surface area contributed by atoms with Crippen LogP contribution in [-0.4, -0.2) is 0 Å². The van der Waals surface area contributed by atoms with E-state index in [-0.39, 0.29) is 0 Å². The molecule has 41 heavy (non-hydrogen) atoms. The highest BCUT2D eigenvalue weighted by atomic mass is 16.5. The highest BCUT2D eigenvalue weighted by molar-refractivity contribution is 6.22. The van der Waals surface area contributed by atoms with Crippen LogP contribution in [0.4, 0.5) is 0 Å². The van der Waals surface area contributed by atoms with E-state index in [2.05, 4.69) is 146 Å². The lowest BCUT2D eigenvalue weighted by atomic mass is 9.84. The van der Waals surface area contributed by atoms with Crippen LogP contribution in [0, 0.1) is 0 Å². The number of para-hydroxylation sites is 1. The molecule has 8 aromatic rings. The molecule has 0 radical (unpaired) electrons. The lowest BCUT2D eigenvalue weighted by Gasteiger charge is -2.25. The van der Waals surface area contributed by atoms with Crippen LogP contribution in [0.15, 0.2) is 146 Å². The largest absolute Gasteiger partial charge is 0.455 e. The van der Waals surface area contributed by atoms with Crippen molar-refractivity contribution in [2.45, 2.75) is 0 Å². The zero-order chi connectivity index (χ0) is 26.9. The Morgan fingerprint density at radius 2 is 0.927 bits per heavy atom. The number of hydrogen-bond acceptors (Lipinski definition) is 1. The maximum atomic E-state index is 6.80. The molecule has 0 atom stereocenters. The minimum absolute atomic E-state index is 0.916. The summed E-state index contributed by atoms with van der Waals surface area (Å²) in [6.45, 7) is 0.